The molecule has 0 saturated carbocycles. The molecule has 1 heterocycles. The molecule has 1 nitrogen and oxygen atoms in total. The summed E-state index contributed by atoms with van der Waals surface area (Å²) in [5.74, 6) is 0. The molecule has 0 aliphatic heterocycles. The van der Waals surface area contributed by atoms with E-state index in [2.05, 4.69) is 230 Å². The Balaban J connectivity index is 1.16. The second-order valence-electron chi connectivity index (χ2n) is 16.1. The van der Waals surface area contributed by atoms with E-state index in [0.29, 0.717) is 0 Å². The lowest BCUT2D eigenvalue weighted by Crippen LogP contribution is -2.28. The van der Waals surface area contributed by atoms with Crippen LogP contribution in [0.1, 0.15) is 45.9 Å². The SMILES string of the molecule is CC1(c2ccccc2)c2ccccc2-c2cc(N(c3ccc4sc5ccccc5c4c3)c3cccc4c3-c3ccccc3C4(c3ccccc3)c3ccccc3)ccc21. The molecular weight excluding hydrogens is 731 g/mol. The van der Waals surface area contributed by atoms with E-state index in [4.69, 9.17) is 0 Å². The van der Waals surface area contributed by atoms with Gasteiger partial charge in [0.05, 0.1) is 11.1 Å². The summed E-state index contributed by atoms with van der Waals surface area (Å²) in [6, 6.07) is 81.4. The van der Waals surface area contributed by atoms with Gasteiger partial charge in [0.2, 0.25) is 0 Å². The molecule has 0 amide bonds. The number of nitrogens with zero attached hydrogens (tertiary/aromatic N) is 1. The van der Waals surface area contributed by atoms with Crippen molar-refractivity contribution in [3.63, 3.8) is 0 Å². The van der Waals surface area contributed by atoms with Crippen LogP contribution in [0.5, 0.6) is 0 Å². The van der Waals surface area contributed by atoms with Gasteiger partial charge < -0.3 is 4.90 Å². The van der Waals surface area contributed by atoms with Gasteiger partial charge in [-0.25, -0.2) is 0 Å². The Labute approximate surface area is 349 Å². The van der Waals surface area contributed by atoms with Crippen LogP contribution in [0.3, 0.4) is 0 Å². The van der Waals surface area contributed by atoms with Crippen LogP contribution in [0.15, 0.2) is 218 Å². The second-order valence-corrected chi connectivity index (χ2v) is 17.2. The average Bonchev–Trinajstić information content (AvgIpc) is 3.92. The van der Waals surface area contributed by atoms with E-state index in [0.717, 1.165) is 11.4 Å². The minimum absolute atomic E-state index is 0.275. The fourth-order valence-electron chi connectivity index (χ4n) is 10.7. The van der Waals surface area contributed by atoms with E-state index >= 15 is 0 Å². The molecule has 2 heteroatoms. The van der Waals surface area contributed by atoms with Crippen molar-refractivity contribution in [3.8, 4) is 22.3 Å². The molecule has 0 N–H and O–H groups in total. The third-order valence-electron chi connectivity index (χ3n) is 13.2. The van der Waals surface area contributed by atoms with Crippen molar-refractivity contribution in [2.24, 2.45) is 0 Å². The fourth-order valence-corrected chi connectivity index (χ4v) is 11.7. The van der Waals surface area contributed by atoms with Crippen molar-refractivity contribution in [2.45, 2.75) is 17.8 Å². The number of benzene rings is 9. The molecule has 0 fully saturated rings. The molecule has 0 saturated heterocycles. The molecule has 0 bridgehead atoms. The van der Waals surface area contributed by atoms with Gasteiger partial charge in [-0.15, -0.1) is 11.3 Å². The predicted molar refractivity (Wildman–Crippen MR) is 249 cm³/mol. The van der Waals surface area contributed by atoms with Crippen LogP contribution in [0, 0.1) is 0 Å². The maximum absolute atomic E-state index is 2.54. The van der Waals surface area contributed by atoms with Gasteiger partial charge in [-0.2, -0.15) is 0 Å². The normalized spacial score (nSPS) is 15.7. The highest BCUT2D eigenvalue weighted by molar-refractivity contribution is 7.25. The molecule has 9 aromatic carbocycles. The summed E-state index contributed by atoms with van der Waals surface area (Å²) in [6.45, 7) is 2.40. The number of thiophene rings is 1. The smallest absolute Gasteiger partial charge is 0.0714 e. The highest BCUT2D eigenvalue weighted by Gasteiger charge is 2.47. The molecule has 1 unspecified atom stereocenters. The first kappa shape index (κ1) is 34.1. The van der Waals surface area contributed by atoms with E-state index in [-0.39, 0.29) is 5.41 Å². The molecule has 0 spiro atoms. The van der Waals surface area contributed by atoms with E-state index in [9.17, 15) is 0 Å². The number of hydrogen-bond acceptors (Lipinski definition) is 2. The first-order valence-electron chi connectivity index (χ1n) is 20.5. The standard InChI is InChI=1S/C57H39NS/c1-56(38-18-5-2-6-19-38)48-27-14-11-24-43(48)46-36-41(32-34-49(46)56)58(42-33-35-54-47(37-42)44-25-13-16-31-53(44)59-54)52-30-17-29-51-55(52)45-26-12-15-28-50(45)57(51,39-20-7-3-8-21-39)40-22-9-4-10-23-40/h2-37H,1H3. The average molecular weight is 770 g/mol. The topological polar surface area (TPSA) is 3.24 Å². The van der Waals surface area contributed by atoms with Gasteiger partial charge in [0.25, 0.3) is 0 Å². The predicted octanol–water partition coefficient (Wildman–Crippen LogP) is 15.2. The molecule has 2 aliphatic rings. The van der Waals surface area contributed by atoms with Gasteiger partial charge in [0.15, 0.2) is 0 Å². The summed E-state index contributed by atoms with van der Waals surface area (Å²) in [5, 5.41) is 2.58. The summed E-state index contributed by atoms with van der Waals surface area (Å²) in [4.78, 5) is 2.54. The van der Waals surface area contributed by atoms with E-state index in [1.165, 1.54) is 87.1 Å². The van der Waals surface area contributed by atoms with Crippen molar-refractivity contribution in [1.29, 1.82) is 0 Å². The highest BCUT2D eigenvalue weighted by Crippen LogP contribution is 2.60. The Morgan fingerprint density at radius 2 is 0.915 bits per heavy atom. The van der Waals surface area contributed by atoms with Crippen molar-refractivity contribution in [2.75, 3.05) is 4.90 Å². The fraction of sp³-hybridized carbons (Fsp3) is 0.0526. The zero-order chi connectivity index (χ0) is 39.1. The molecule has 0 radical (unpaired) electrons. The number of hydrogen-bond donors (Lipinski definition) is 0. The Bertz CT molecular complexity index is 3200. The lowest BCUT2D eigenvalue weighted by molar-refractivity contribution is 0.714. The van der Waals surface area contributed by atoms with Gasteiger partial charge in [-0.05, 0) is 105 Å². The molecule has 1 aromatic heterocycles. The molecule has 1 atom stereocenters. The summed E-state index contributed by atoms with van der Waals surface area (Å²) in [7, 11) is 0. The van der Waals surface area contributed by atoms with Gasteiger partial charge in [0, 0.05) is 42.5 Å². The van der Waals surface area contributed by atoms with Gasteiger partial charge >= 0.3 is 0 Å². The van der Waals surface area contributed by atoms with Crippen molar-refractivity contribution >= 4 is 48.6 Å². The van der Waals surface area contributed by atoms with Crippen LogP contribution in [-0.4, -0.2) is 0 Å². The molecule has 10 aromatic rings. The van der Waals surface area contributed by atoms with Gasteiger partial charge in [-0.1, -0.05) is 176 Å². The first-order chi connectivity index (χ1) is 29.2. The van der Waals surface area contributed by atoms with E-state index in [1.54, 1.807) is 0 Å². The maximum Gasteiger partial charge on any atom is 0.0714 e. The minimum Gasteiger partial charge on any atom is -0.310 e. The Morgan fingerprint density at radius 3 is 1.66 bits per heavy atom. The van der Waals surface area contributed by atoms with Crippen molar-refractivity contribution in [3.05, 3.63) is 257 Å². The van der Waals surface area contributed by atoms with Crippen molar-refractivity contribution < 1.29 is 0 Å². The molecule has 2 aliphatic carbocycles. The Kier molecular flexibility index (Phi) is 7.51. The highest BCUT2D eigenvalue weighted by atomic mass is 32.1. The number of rotatable bonds is 6. The van der Waals surface area contributed by atoms with Gasteiger partial charge in [0.1, 0.15) is 0 Å². The third-order valence-corrected chi connectivity index (χ3v) is 14.4. The minimum atomic E-state index is -0.502. The number of fused-ring (bicyclic) bond motifs is 9. The maximum atomic E-state index is 2.54. The van der Waals surface area contributed by atoms with Crippen LogP contribution in [0.25, 0.3) is 42.4 Å². The van der Waals surface area contributed by atoms with Crippen LogP contribution < -0.4 is 4.90 Å². The molecule has 278 valence electrons. The second kappa shape index (κ2) is 13.0. The monoisotopic (exact) mass is 769 g/mol. The molecule has 12 rings (SSSR count). The van der Waals surface area contributed by atoms with Gasteiger partial charge in [-0.3, -0.25) is 0 Å². The van der Waals surface area contributed by atoms with Crippen LogP contribution >= 0.6 is 11.3 Å². The Hall–Kier alpha value is -7.00. The van der Waals surface area contributed by atoms with Crippen LogP contribution in [0.4, 0.5) is 17.1 Å². The molecule has 59 heavy (non-hydrogen) atoms. The van der Waals surface area contributed by atoms with Crippen molar-refractivity contribution in [1.82, 2.24) is 0 Å². The number of anilines is 3. The summed E-state index contributed by atoms with van der Waals surface area (Å²) < 4.78 is 2.61. The van der Waals surface area contributed by atoms with Crippen LogP contribution in [-0.2, 0) is 10.8 Å². The Morgan fingerprint density at radius 1 is 0.373 bits per heavy atom. The first-order valence-corrected chi connectivity index (χ1v) is 21.3. The molecular formula is C57H39NS. The summed E-state index contributed by atoms with van der Waals surface area (Å²) >= 11 is 1.87. The van der Waals surface area contributed by atoms with E-state index < -0.39 is 5.41 Å². The lowest BCUT2D eigenvalue weighted by Gasteiger charge is -2.34. The zero-order valence-electron chi connectivity index (χ0n) is 32.6. The largest absolute Gasteiger partial charge is 0.310 e. The summed E-state index contributed by atoms with van der Waals surface area (Å²) in [5.41, 5.74) is 16.9. The quantitative estimate of drug-likeness (QED) is 0.163. The zero-order valence-corrected chi connectivity index (χ0v) is 33.5. The third kappa shape index (κ3) is 4.78. The van der Waals surface area contributed by atoms with Crippen LogP contribution in [0.2, 0.25) is 0 Å². The summed E-state index contributed by atoms with van der Waals surface area (Å²) in [6.07, 6.45) is 0. The lowest BCUT2D eigenvalue weighted by atomic mass is 9.68. The van der Waals surface area contributed by atoms with E-state index in [1.807, 2.05) is 11.3 Å².